The van der Waals surface area contributed by atoms with E-state index >= 15 is 4.39 Å². The molecule has 38 heavy (non-hydrogen) atoms. The van der Waals surface area contributed by atoms with Crippen molar-refractivity contribution in [2.24, 2.45) is 5.41 Å². The lowest BCUT2D eigenvalue weighted by Gasteiger charge is -2.19. The van der Waals surface area contributed by atoms with E-state index in [1.165, 1.54) is 6.07 Å². The summed E-state index contributed by atoms with van der Waals surface area (Å²) in [5, 5.41) is 20.3. The van der Waals surface area contributed by atoms with Crippen LogP contribution in [0.25, 0.3) is 16.6 Å². The molecule has 0 bridgehead atoms. The van der Waals surface area contributed by atoms with Crippen LogP contribution in [0.1, 0.15) is 55.8 Å². The van der Waals surface area contributed by atoms with E-state index in [9.17, 15) is 19.1 Å². The predicted molar refractivity (Wildman–Crippen MR) is 139 cm³/mol. The van der Waals surface area contributed by atoms with E-state index in [1.54, 1.807) is 47.1 Å². The molecule has 0 saturated carbocycles. The average molecular weight is 518 g/mol. The molecule has 2 aromatic carbocycles. The molecule has 194 valence electrons. The molecular weight excluding hydrogens is 491 g/mol. The third kappa shape index (κ3) is 4.54. The van der Waals surface area contributed by atoms with E-state index in [1.807, 2.05) is 38.2 Å². The maximum atomic E-state index is 16.3. The van der Waals surface area contributed by atoms with Gasteiger partial charge in [0.25, 0.3) is 0 Å². The number of allylic oxidation sites excluding steroid dienone is 8. The molecular formula is C30H26F3N3O2. The van der Waals surface area contributed by atoms with Gasteiger partial charge in [-0.15, -0.1) is 0 Å². The van der Waals surface area contributed by atoms with Crippen LogP contribution in [0.5, 0.6) is 5.75 Å². The molecule has 0 radical (unpaired) electrons. The first kappa shape index (κ1) is 25.6. The van der Waals surface area contributed by atoms with Crippen LogP contribution in [-0.4, -0.2) is 21.3 Å². The minimum atomic E-state index is -3.02. The first-order valence-corrected chi connectivity index (χ1v) is 12.3. The molecule has 1 N–H and O–H groups in total. The van der Waals surface area contributed by atoms with Crippen LogP contribution in [-0.2, 0) is 0 Å². The van der Waals surface area contributed by atoms with Crippen molar-refractivity contribution in [1.29, 1.82) is 5.26 Å². The Bertz CT molecular complexity index is 1560. The van der Waals surface area contributed by atoms with E-state index in [0.29, 0.717) is 28.6 Å². The number of halogens is 3. The second-order valence-electron chi connectivity index (χ2n) is 9.86. The smallest absolute Gasteiger partial charge is 0.387 e. The number of benzene rings is 2. The molecule has 1 aliphatic heterocycles. The maximum Gasteiger partial charge on any atom is 0.387 e. The van der Waals surface area contributed by atoms with Crippen molar-refractivity contribution < 1.29 is 23.0 Å². The van der Waals surface area contributed by atoms with Crippen LogP contribution in [0, 0.1) is 22.6 Å². The topological polar surface area (TPSA) is 71.1 Å². The van der Waals surface area contributed by atoms with Crippen molar-refractivity contribution in [1.82, 2.24) is 9.55 Å². The Morgan fingerprint density at radius 2 is 1.92 bits per heavy atom. The normalized spacial score (nSPS) is 19.4. The summed E-state index contributed by atoms with van der Waals surface area (Å²) in [5.41, 5.74) is 2.22. The van der Waals surface area contributed by atoms with Gasteiger partial charge in [-0.1, -0.05) is 54.7 Å². The fraction of sp³-hybridized carbons (Fsp3) is 0.267. The Morgan fingerprint density at radius 1 is 1.16 bits per heavy atom. The molecule has 8 heteroatoms. The quantitative estimate of drug-likeness (QED) is 0.389. The predicted octanol–water partition coefficient (Wildman–Crippen LogP) is 7.18. The highest BCUT2D eigenvalue weighted by atomic mass is 19.3. The summed E-state index contributed by atoms with van der Waals surface area (Å²) < 4.78 is 48.8. The SMILES string of the molecule is CC(C)(C#N)C1=CC=CC=C(c2ccc3nc4n(c3c2F)C(c2ccccc2OC(F)F)CC4O)C=CC1. The molecule has 1 aliphatic carbocycles. The number of aliphatic hydroxyl groups is 1. The van der Waals surface area contributed by atoms with Gasteiger partial charge in [0.2, 0.25) is 0 Å². The number of para-hydroxylation sites is 1. The summed E-state index contributed by atoms with van der Waals surface area (Å²) in [4.78, 5) is 4.48. The van der Waals surface area contributed by atoms with Crippen LogP contribution in [0.2, 0.25) is 0 Å². The Balaban J connectivity index is 1.59. The highest BCUT2D eigenvalue weighted by Gasteiger charge is 2.37. The molecule has 2 aliphatic rings. The number of nitriles is 1. The molecule has 2 unspecified atom stereocenters. The van der Waals surface area contributed by atoms with Gasteiger partial charge < -0.3 is 14.4 Å². The second-order valence-corrected chi connectivity index (χ2v) is 9.86. The lowest BCUT2D eigenvalue weighted by molar-refractivity contribution is -0.0507. The first-order valence-electron chi connectivity index (χ1n) is 12.3. The van der Waals surface area contributed by atoms with Crippen LogP contribution >= 0.6 is 0 Å². The Hall–Kier alpha value is -4.09. The third-order valence-corrected chi connectivity index (χ3v) is 7.08. The number of hydrogen-bond acceptors (Lipinski definition) is 4. The number of aliphatic hydroxyl groups excluding tert-OH is 1. The summed E-state index contributed by atoms with van der Waals surface area (Å²) in [6.07, 6.45) is 10.7. The van der Waals surface area contributed by atoms with Crippen LogP contribution in [0.15, 0.2) is 78.4 Å². The van der Waals surface area contributed by atoms with Gasteiger partial charge in [-0.2, -0.15) is 14.0 Å². The average Bonchev–Trinajstić information content (AvgIpc) is 3.45. The zero-order chi connectivity index (χ0) is 27.0. The van der Waals surface area contributed by atoms with E-state index in [-0.39, 0.29) is 23.5 Å². The number of fused-ring (bicyclic) bond motifs is 3. The van der Waals surface area contributed by atoms with Crippen molar-refractivity contribution in [2.75, 3.05) is 0 Å². The lowest BCUT2D eigenvalue weighted by Crippen LogP contribution is -2.11. The number of alkyl halides is 2. The van der Waals surface area contributed by atoms with Crippen molar-refractivity contribution in [2.45, 2.75) is 45.4 Å². The largest absolute Gasteiger partial charge is 0.434 e. The third-order valence-electron chi connectivity index (χ3n) is 7.08. The molecule has 2 heterocycles. The fourth-order valence-corrected chi connectivity index (χ4v) is 5.07. The van der Waals surface area contributed by atoms with Gasteiger partial charge in [-0.05, 0) is 49.6 Å². The monoisotopic (exact) mass is 517 g/mol. The number of aromatic nitrogens is 2. The highest BCUT2D eigenvalue weighted by Crippen LogP contribution is 2.45. The molecule has 0 amide bonds. The van der Waals surface area contributed by atoms with Crippen LogP contribution in [0.4, 0.5) is 13.2 Å². The molecule has 3 aromatic rings. The molecule has 0 fully saturated rings. The molecule has 0 saturated heterocycles. The fourth-order valence-electron chi connectivity index (χ4n) is 5.07. The molecule has 0 spiro atoms. The van der Waals surface area contributed by atoms with Crippen LogP contribution in [0.3, 0.4) is 0 Å². The Labute approximate surface area is 218 Å². The number of hydrogen-bond donors (Lipinski definition) is 1. The van der Waals surface area contributed by atoms with Crippen LogP contribution < -0.4 is 4.74 Å². The van der Waals surface area contributed by atoms with Gasteiger partial charge in [0.15, 0.2) is 5.82 Å². The minimum Gasteiger partial charge on any atom is -0.434 e. The number of rotatable bonds is 5. The number of imidazole rings is 1. The number of nitrogens with zero attached hydrogens (tertiary/aromatic N) is 3. The van der Waals surface area contributed by atoms with Gasteiger partial charge in [-0.3, -0.25) is 0 Å². The van der Waals surface area contributed by atoms with Gasteiger partial charge in [0, 0.05) is 17.5 Å². The molecule has 2 atom stereocenters. The van der Waals surface area contributed by atoms with Gasteiger partial charge in [-0.25, -0.2) is 9.37 Å². The summed E-state index contributed by atoms with van der Waals surface area (Å²) >= 11 is 0. The van der Waals surface area contributed by atoms with E-state index in [0.717, 1.165) is 5.57 Å². The summed E-state index contributed by atoms with van der Waals surface area (Å²) in [6, 6.07) is 11.3. The zero-order valence-corrected chi connectivity index (χ0v) is 20.9. The van der Waals surface area contributed by atoms with E-state index in [4.69, 9.17) is 4.74 Å². The second kappa shape index (κ2) is 9.99. The Kier molecular flexibility index (Phi) is 6.72. The molecule has 1 aromatic heterocycles. The van der Waals surface area contributed by atoms with Crippen molar-refractivity contribution in [3.8, 4) is 11.8 Å². The minimum absolute atomic E-state index is 0.0263. The van der Waals surface area contributed by atoms with Gasteiger partial charge in [0.05, 0.1) is 23.0 Å². The summed E-state index contributed by atoms with van der Waals surface area (Å²) in [7, 11) is 0. The lowest BCUT2D eigenvalue weighted by atomic mass is 9.83. The Morgan fingerprint density at radius 3 is 2.68 bits per heavy atom. The number of ether oxygens (including phenoxy) is 1. The molecule has 5 nitrogen and oxygen atoms in total. The standard InChI is InChI=1S/C30H26F3N3O2/c1-30(2,17-34)19-10-4-3-8-18(9-7-11-19)20-14-15-22-27(26(20)31)36-23(16-24(37)28(36)35-22)21-12-5-6-13-25(21)38-29(32)33/h3-10,12-15,23-24,29,37H,11,16H2,1-2H3. The highest BCUT2D eigenvalue weighted by molar-refractivity contribution is 5.86. The molecule has 5 rings (SSSR count). The van der Waals surface area contributed by atoms with Crippen molar-refractivity contribution >= 4 is 16.6 Å². The van der Waals surface area contributed by atoms with E-state index in [2.05, 4.69) is 11.1 Å². The van der Waals surface area contributed by atoms with Crippen molar-refractivity contribution in [3.63, 3.8) is 0 Å². The van der Waals surface area contributed by atoms with Gasteiger partial charge in [0.1, 0.15) is 23.2 Å². The van der Waals surface area contributed by atoms with Gasteiger partial charge >= 0.3 is 6.61 Å². The summed E-state index contributed by atoms with van der Waals surface area (Å²) in [6.45, 7) is 0.694. The maximum absolute atomic E-state index is 16.3. The first-order chi connectivity index (χ1) is 18.2. The zero-order valence-electron chi connectivity index (χ0n) is 20.9. The summed E-state index contributed by atoms with van der Waals surface area (Å²) in [5.74, 6) is -0.275. The van der Waals surface area contributed by atoms with E-state index < -0.39 is 30.0 Å². The van der Waals surface area contributed by atoms with Crippen molar-refractivity contribution in [3.05, 3.63) is 101 Å².